The number of hydrogen-bond donors (Lipinski definition) is 1. The van der Waals surface area contributed by atoms with Crippen molar-refractivity contribution in [2.75, 3.05) is 6.61 Å². The summed E-state index contributed by atoms with van der Waals surface area (Å²) in [6, 6.07) is 0. The predicted molar refractivity (Wildman–Crippen MR) is 76.7 cm³/mol. The number of rotatable bonds is 3. The lowest BCUT2D eigenvalue weighted by atomic mass is 9.73. The molecular weight excluding hydrogens is 254 g/mol. The molecule has 20 heavy (non-hydrogen) atoms. The van der Waals surface area contributed by atoms with Crippen molar-refractivity contribution in [1.82, 2.24) is 5.32 Å². The van der Waals surface area contributed by atoms with Crippen LogP contribution in [0.5, 0.6) is 0 Å². The molecule has 1 aliphatic heterocycles. The summed E-state index contributed by atoms with van der Waals surface area (Å²) in [7, 11) is 0. The quantitative estimate of drug-likeness (QED) is 0.806. The zero-order chi connectivity index (χ0) is 14.9. The third-order valence-electron chi connectivity index (χ3n) is 3.98. The van der Waals surface area contributed by atoms with Gasteiger partial charge in [0, 0.05) is 29.3 Å². The maximum Gasteiger partial charge on any atom is 0.336 e. The van der Waals surface area contributed by atoms with E-state index < -0.39 is 0 Å². The summed E-state index contributed by atoms with van der Waals surface area (Å²) >= 11 is 0. The molecule has 0 bridgehead atoms. The minimum Gasteiger partial charge on any atom is -0.463 e. The van der Waals surface area contributed by atoms with E-state index >= 15 is 0 Å². The van der Waals surface area contributed by atoms with E-state index in [0.29, 0.717) is 18.6 Å². The molecule has 1 aliphatic carbocycles. The molecule has 2 aliphatic rings. The minimum absolute atomic E-state index is 0.141. The highest BCUT2D eigenvalue weighted by Gasteiger charge is 2.39. The van der Waals surface area contributed by atoms with Crippen molar-refractivity contribution in [2.24, 2.45) is 11.8 Å². The van der Waals surface area contributed by atoms with Crippen LogP contribution in [0.2, 0.25) is 0 Å². The van der Waals surface area contributed by atoms with Crippen LogP contribution >= 0.6 is 0 Å². The van der Waals surface area contributed by atoms with Crippen LogP contribution in [-0.4, -0.2) is 18.4 Å². The van der Waals surface area contributed by atoms with Crippen molar-refractivity contribution >= 4 is 11.8 Å². The zero-order valence-electron chi connectivity index (χ0n) is 12.7. The fourth-order valence-corrected chi connectivity index (χ4v) is 3.18. The van der Waals surface area contributed by atoms with Crippen LogP contribution in [0.25, 0.3) is 0 Å². The monoisotopic (exact) mass is 277 g/mol. The molecule has 0 saturated carbocycles. The van der Waals surface area contributed by atoms with E-state index in [1.807, 2.05) is 6.92 Å². The summed E-state index contributed by atoms with van der Waals surface area (Å²) in [5.74, 6) is -0.0792. The second-order valence-corrected chi connectivity index (χ2v) is 5.77. The van der Waals surface area contributed by atoms with Gasteiger partial charge in [-0.15, -0.1) is 0 Å². The summed E-state index contributed by atoms with van der Waals surface area (Å²) in [6.07, 6.45) is 2.36. The second-order valence-electron chi connectivity index (χ2n) is 5.77. The van der Waals surface area contributed by atoms with Gasteiger partial charge in [-0.3, -0.25) is 4.79 Å². The highest BCUT2D eigenvalue weighted by Crippen LogP contribution is 2.39. The summed E-state index contributed by atoms with van der Waals surface area (Å²) < 4.78 is 5.18. The van der Waals surface area contributed by atoms with Gasteiger partial charge in [0.05, 0.1) is 12.2 Å². The molecule has 0 fully saturated rings. The fourth-order valence-electron chi connectivity index (χ4n) is 3.18. The number of nitrogens with one attached hydrogen (secondary N) is 1. The minimum atomic E-state index is -0.305. The van der Waals surface area contributed by atoms with Crippen LogP contribution in [0.15, 0.2) is 22.5 Å². The molecule has 4 heteroatoms. The van der Waals surface area contributed by atoms with Crippen LogP contribution in [0.3, 0.4) is 0 Å². The Balaban J connectivity index is 2.46. The van der Waals surface area contributed by atoms with Crippen molar-refractivity contribution in [3.8, 4) is 0 Å². The lowest BCUT2D eigenvalue weighted by Crippen LogP contribution is -2.37. The van der Waals surface area contributed by atoms with Gasteiger partial charge in [0.1, 0.15) is 0 Å². The highest BCUT2D eigenvalue weighted by molar-refractivity contribution is 6.02. The molecule has 0 amide bonds. The Morgan fingerprint density at radius 2 is 2.10 bits per heavy atom. The lowest BCUT2D eigenvalue weighted by molar-refractivity contribution is -0.139. The first-order valence-corrected chi connectivity index (χ1v) is 7.38. The molecule has 0 aromatic rings. The van der Waals surface area contributed by atoms with Crippen LogP contribution in [-0.2, 0) is 14.3 Å². The van der Waals surface area contributed by atoms with Crippen LogP contribution in [0, 0.1) is 11.8 Å². The number of ether oxygens (including phenoxy) is 1. The highest BCUT2D eigenvalue weighted by atomic mass is 16.5. The van der Waals surface area contributed by atoms with Crippen molar-refractivity contribution in [3.63, 3.8) is 0 Å². The Morgan fingerprint density at radius 1 is 1.40 bits per heavy atom. The molecule has 0 saturated heterocycles. The van der Waals surface area contributed by atoms with E-state index in [-0.39, 0.29) is 23.6 Å². The molecule has 1 unspecified atom stereocenters. The van der Waals surface area contributed by atoms with E-state index in [4.69, 9.17) is 4.74 Å². The predicted octanol–water partition coefficient (Wildman–Crippen LogP) is 2.71. The Hall–Kier alpha value is -1.58. The number of carbonyl (C=O) groups excluding carboxylic acids is 2. The second kappa shape index (κ2) is 5.81. The molecule has 0 radical (unpaired) electrons. The fraction of sp³-hybridized carbons (Fsp3) is 0.625. The van der Waals surface area contributed by atoms with Gasteiger partial charge in [0.15, 0.2) is 5.78 Å². The summed E-state index contributed by atoms with van der Waals surface area (Å²) in [5.41, 5.74) is 3.26. The summed E-state index contributed by atoms with van der Waals surface area (Å²) in [4.78, 5) is 24.6. The number of esters is 1. The van der Waals surface area contributed by atoms with Crippen LogP contribution < -0.4 is 5.32 Å². The van der Waals surface area contributed by atoms with Gasteiger partial charge >= 0.3 is 5.97 Å². The van der Waals surface area contributed by atoms with E-state index in [0.717, 1.165) is 29.8 Å². The normalized spacial score (nSPS) is 22.9. The molecule has 0 aromatic heterocycles. The molecule has 1 atom stereocenters. The molecular formula is C16H23NO3. The number of Topliss-reactive ketones (excluding diaryl/α,β-unsaturated/α-hetero) is 1. The van der Waals surface area contributed by atoms with Gasteiger partial charge in [-0.1, -0.05) is 13.8 Å². The van der Waals surface area contributed by atoms with Gasteiger partial charge in [-0.25, -0.2) is 4.79 Å². The number of dihydropyridines is 1. The SMILES string of the molecule is CCOC(=O)C1=C(C)NC2=C(C(=O)CCC2)C1C(C)C. The summed E-state index contributed by atoms with van der Waals surface area (Å²) in [5, 5.41) is 3.26. The molecule has 0 aromatic carbocycles. The average molecular weight is 277 g/mol. The Bertz CT molecular complexity index is 500. The molecule has 1 N–H and O–H groups in total. The molecule has 1 heterocycles. The van der Waals surface area contributed by atoms with E-state index in [9.17, 15) is 9.59 Å². The van der Waals surface area contributed by atoms with Gasteiger partial charge in [0.25, 0.3) is 0 Å². The zero-order valence-corrected chi connectivity index (χ0v) is 12.7. The maximum atomic E-state index is 12.3. The smallest absolute Gasteiger partial charge is 0.336 e. The standard InChI is InChI=1S/C16H23NO3/c1-5-20-16(19)14-10(4)17-11-7-6-8-12(18)15(11)13(14)9(2)3/h9,13,17H,5-8H2,1-4H3. The first-order valence-electron chi connectivity index (χ1n) is 7.38. The van der Waals surface area contributed by atoms with Gasteiger partial charge in [0.2, 0.25) is 0 Å². The van der Waals surface area contributed by atoms with Gasteiger partial charge in [-0.05, 0) is 32.6 Å². The maximum absolute atomic E-state index is 12.3. The first kappa shape index (κ1) is 14.8. The Morgan fingerprint density at radius 3 is 2.70 bits per heavy atom. The Kier molecular flexibility index (Phi) is 4.31. The molecule has 4 nitrogen and oxygen atoms in total. The van der Waals surface area contributed by atoms with Crippen LogP contribution in [0.1, 0.15) is 47.0 Å². The van der Waals surface area contributed by atoms with Crippen LogP contribution in [0.4, 0.5) is 0 Å². The first-order chi connectivity index (χ1) is 9.47. The number of hydrogen-bond acceptors (Lipinski definition) is 4. The third kappa shape index (κ3) is 2.51. The molecule has 110 valence electrons. The van der Waals surface area contributed by atoms with Crippen molar-refractivity contribution in [2.45, 2.75) is 47.0 Å². The lowest BCUT2D eigenvalue weighted by Gasteiger charge is -2.35. The molecule has 0 spiro atoms. The summed E-state index contributed by atoms with van der Waals surface area (Å²) in [6.45, 7) is 8.14. The topological polar surface area (TPSA) is 55.4 Å². The number of carbonyl (C=O) groups is 2. The van der Waals surface area contributed by atoms with Crippen molar-refractivity contribution < 1.29 is 14.3 Å². The Labute approximate surface area is 120 Å². The third-order valence-corrected chi connectivity index (χ3v) is 3.98. The largest absolute Gasteiger partial charge is 0.463 e. The van der Waals surface area contributed by atoms with E-state index in [1.165, 1.54) is 0 Å². The van der Waals surface area contributed by atoms with E-state index in [1.54, 1.807) is 6.92 Å². The van der Waals surface area contributed by atoms with Gasteiger partial charge < -0.3 is 10.1 Å². The van der Waals surface area contributed by atoms with Crippen molar-refractivity contribution in [1.29, 1.82) is 0 Å². The average Bonchev–Trinajstić information content (AvgIpc) is 2.37. The van der Waals surface area contributed by atoms with E-state index in [2.05, 4.69) is 19.2 Å². The molecule has 2 rings (SSSR count). The number of ketones is 1. The number of allylic oxidation sites excluding steroid dienone is 3. The van der Waals surface area contributed by atoms with Crippen molar-refractivity contribution in [3.05, 3.63) is 22.5 Å². The van der Waals surface area contributed by atoms with Gasteiger partial charge in [-0.2, -0.15) is 0 Å².